The smallest absolute Gasteiger partial charge is 0.257 e. The zero-order valence-corrected chi connectivity index (χ0v) is 34.0. The lowest BCUT2D eigenvalue weighted by atomic mass is 10.0. The summed E-state index contributed by atoms with van der Waals surface area (Å²) in [5, 5.41) is 13.8. The van der Waals surface area contributed by atoms with E-state index in [1.54, 1.807) is 19.9 Å². The van der Waals surface area contributed by atoms with Crippen molar-refractivity contribution < 1.29 is 57.5 Å². The molecule has 0 aliphatic heterocycles. The van der Waals surface area contributed by atoms with Gasteiger partial charge in [-0.05, 0) is 54.3 Å². The molecule has 4 N–H and O–H groups in total. The van der Waals surface area contributed by atoms with Crippen LogP contribution in [0.5, 0.6) is 5.88 Å². The lowest BCUT2D eigenvalue weighted by Gasteiger charge is -2.11. The monoisotopic (exact) mass is 894 g/mol. The maximum Gasteiger partial charge on any atom is 0.257 e. The highest BCUT2D eigenvalue weighted by Gasteiger charge is 2.59. The Labute approximate surface area is 343 Å². The van der Waals surface area contributed by atoms with Crippen LogP contribution in [0.15, 0.2) is 48.8 Å². The maximum atomic E-state index is 14.8. The molecule has 4 aromatic heterocycles. The first-order valence-electron chi connectivity index (χ1n) is 18.4. The number of fused-ring (bicyclic) bond motifs is 2. The van der Waals surface area contributed by atoms with E-state index in [0.29, 0.717) is 34.5 Å². The molecule has 4 heterocycles. The molecule has 7 rings (SSSR count). The van der Waals surface area contributed by atoms with E-state index in [4.69, 9.17) is 4.74 Å². The number of nitrogens with zero attached hydrogens (tertiary/aromatic N) is 4. The number of nitrogens with one attached hydrogen (secondary N) is 4. The average molecular weight is 895 g/mol. The maximum absolute atomic E-state index is 14.8. The van der Waals surface area contributed by atoms with Crippen LogP contribution in [-0.4, -0.2) is 83.3 Å². The largest absolute Gasteiger partial charge is 0.479 e. The molecule has 1 atom stereocenters. The van der Waals surface area contributed by atoms with Gasteiger partial charge in [-0.2, -0.15) is 5.10 Å². The Morgan fingerprint density at radius 3 is 2.03 bits per heavy atom. The molecule has 1 aliphatic carbocycles. The van der Waals surface area contributed by atoms with Gasteiger partial charge in [-0.3, -0.25) is 29.2 Å². The number of halogens is 6. The van der Waals surface area contributed by atoms with Gasteiger partial charge in [0.25, 0.3) is 5.92 Å². The number of rotatable bonds is 16. The number of H-pyrrole nitrogens is 2. The number of aromatic amines is 2. The molecule has 0 amide bonds. The van der Waals surface area contributed by atoms with Crippen LogP contribution in [0.25, 0.3) is 22.1 Å². The molecule has 61 heavy (non-hydrogen) atoms. The van der Waals surface area contributed by atoms with Gasteiger partial charge in [0.2, 0.25) is 25.9 Å². The standard InChI is InChI=1S/C20H18F4N4O3S.C18H18F2N4O4S/c1-2-5-32(30,31)28-14-4-3-13(21)16(17(14)22)15(29)7-10-6-11-18(12-8-20(12,23)24)26-27-19(11)25-9-10;1-3-4-29(26,27)24-14-8-11(19)7-12(16(14)20)15(25)6-10-5-13-17(21-9-10)22-23-18(13)28-2/h3-4,6,9,12,28H,2,5,7-8H2,1H3,(H,25,26,27);5,7-9,24H,3-4,6H2,1-2H3,(H,21,22,23)/t12-;/m0./s1. The Hall–Kier alpha value is -6.10. The van der Waals surface area contributed by atoms with Gasteiger partial charge in [-0.25, -0.2) is 53.1 Å². The molecule has 0 spiro atoms. The van der Waals surface area contributed by atoms with Crippen molar-refractivity contribution in [2.24, 2.45) is 0 Å². The summed E-state index contributed by atoms with van der Waals surface area (Å²) in [5.41, 5.74) is -1.11. The summed E-state index contributed by atoms with van der Waals surface area (Å²) in [6.07, 6.45) is 2.16. The lowest BCUT2D eigenvalue weighted by molar-refractivity contribution is 0.0978. The van der Waals surface area contributed by atoms with Gasteiger partial charge in [0.15, 0.2) is 34.5 Å². The molecule has 23 heteroatoms. The summed E-state index contributed by atoms with van der Waals surface area (Å²) in [4.78, 5) is 33.4. The molecule has 6 aromatic rings. The fraction of sp³-hybridized carbons (Fsp3) is 0.316. The third-order valence-corrected chi connectivity index (χ3v) is 12.2. The summed E-state index contributed by atoms with van der Waals surface area (Å²) >= 11 is 0. The quantitative estimate of drug-likeness (QED) is 0.0588. The highest BCUT2D eigenvalue weighted by atomic mass is 32.2. The van der Waals surface area contributed by atoms with E-state index in [2.05, 4.69) is 30.4 Å². The number of ether oxygens (including phenoxy) is 1. The third-order valence-electron chi connectivity index (χ3n) is 9.22. The van der Waals surface area contributed by atoms with Crippen LogP contribution in [0.4, 0.5) is 37.7 Å². The van der Waals surface area contributed by atoms with Gasteiger partial charge in [0, 0.05) is 43.1 Å². The first-order chi connectivity index (χ1) is 28.8. The Kier molecular flexibility index (Phi) is 12.7. The number of Topliss-reactive ketones (excluding diaryl/α,β-unsaturated/α-hetero) is 2. The van der Waals surface area contributed by atoms with Gasteiger partial charge in [-0.15, -0.1) is 5.10 Å². The Morgan fingerprint density at radius 2 is 1.41 bits per heavy atom. The van der Waals surface area contributed by atoms with Crippen molar-refractivity contribution in [2.45, 2.75) is 57.8 Å². The lowest BCUT2D eigenvalue weighted by Crippen LogP contribution is -2.19. The van der Waals surface area contributed by atoms with Crippen molar-refractivity contribution >= 4 is 65.1 Å². The van der Waals surface area contributed by atoms with Crippen LogP contribution in [0.3, 0.4) is 0 Å². The summed E-state index contributed by atoms with van der Waals surface area (Å²) in [5.74, 6) is -10.4. The number of carbonyl (C=O) groups excluding carboxylic acids is 2. The molecule has 0 unspecified atom stereocenters. The number of methoxy groups -OCH3 is 1. The van der Waals surface area contributed by atoms with Crippen LogP contribution in [0.1, 0.15) is 76.6 Å². The van der Waals surface area contributed by atoms with Crippen molar-refractivity contribution in [1.29, 1.82) is 0 Å². The third kappa shape index (κ3) is 10.1. The molecule has 15 nitrogen and oxygen atoms in total. The number of ketones is 2. The Morgan fingerprint density at radius 1 is 0.803 bits per heavy atom. The van der Waals surface area contributed by atoms with Gasteiger partial charge >= 0.3 is 0 Å². The molecule has 2 aromatic carbocycles. The van der Waals surface area contributed by atoms with E-state index in [1.807, 2.05) is 9.44 Å². The second-order valence-corrected chi connectivity index (χ2v) is 17.7. The number of benzene rings is 2. The first-order valence-corrected chi connectivity index (χ1v) is 21.7. The molecule has 1 aliphatic rings. The number of alkyl halides is 2. The van der Waals surface area contributed by atoms with Gasteiger partial charge in [-0.1, -0.05) is 13.8 Å². The molecule has 1 fully saturated rings. The Balaban J connectivity index is 0.000000205. The fourth-order valence-electron chi connectivity index (χ4n) is 6.31. The molecule has 0 radical (unpaired) electrons. The van der Waals surface area contributed by atoms with Crippen molar-refractivity contribution in [2.75, 3.05) is 28.1 Å². The van der Waals surface area contributed by atoms with Crippen LogP contribution in [0, 0.1) is 23.3 Å². The van der Waals surface area contributed by atoms with Crippen molar-refractivity contribution in [3.63, 3.8) is 0 Å². The SMILES string of the molecule is CCCS(=O)(=O)Nc1cc(F)cc(C(=O)Cc2cnc3[nH]nc(OC)c3c2)c1F.CCCS(=O)(=O)Nc1ccc(F)c(C(=O)Cc2cnc3n[nH]c([C@@H]4CC4(F)F)c3c2)c1F. The summed E-state index contributed by atoms with van der Waals surface area (Å²) in [7, 11) is -6.29. The zero-order chi connectivity index (χ0) is 44.4. The van der Waals surface area contributed by atoms with Gasteiger partial charge in [0.05, 0.1) is 58.1 Å². The van der Waals surface area contributed by atoms with E-state index in [-0.39, 0.29) is 53.6 Å². The second-order valence-electron chi connectivity index (χ2n) is 14.0. The minimum absolute atomic E-state index is 0.184. The number of hydrogen-bond donors (Lipinski definition) is 4. The second kappa shape index (κ2) is 17.5. The van der Waals surface area contributed by atoms with Gasteiger partial charge < -0.3 is 4.74 Å². The number of hydrogen-bond acceptors (Lipinski definition) is 11. The summed E-state index contributed by atoms with van der Waals surface area (Å²) < 4.78 is 141. The fourth-order valence-corrected chi connectivity index (χ4v) is 8.56. The highest BCUT2D eigenvalue weighted by molar-refractivity contribution is 7.92. The normalized spacial score (nSPS) is 14.7. The average Bonchev–Trinajstić information content (AvgIpc) is 3.46. The number of aromatic nitrogens is 6. The number of carbonyl (C=O) groups is 2. The Bertz CT molecular complexity index is 2890. The minimum Gasteiger partial charge on any atom is -0.479 e. The van der Waals surface area contributed by atoms with Crippen LogP contribution < -0.4 is 14.2 Å². The van der Waals surface area contributed by atoms with Crippen molar-refractivity contribution in [1.82, 2.24) is 30.4 Å². The van der Waals surface area contributed by atoms with Crippen molar-refractivity contribution in [3.8, 4) is 5.88 Å². The van der Waals surface area contributed by atoms with E-state index in [9.17, 15) is 52.8 Å². The van der Waals surface area contributed by atoms with E-state index in [0.717, 1.165) is 18.2 Å². The minimum atomic E-state index is -3.86. The van der Waals surface area contributed by atoms with Crippen molar-refractivity contribution in [3.05, 3.63) is 100 Å². The van der Waals surface area contributed by atoms with E-state index >= 15 is 0 Å². The molecule has 324 valence electrons. The summed E-state index contributed by atoms with van der Waals surface area (Å²) in [6.45, 7) is 3.26. The first kappa shape index (κ1) is 44.5. The molecular weight excluding hydrogens is 859 g/mol. The predicted octanol–water partition coefficient (Wildman–Crippen LogP) is 6.76. The van der Waals surface area contributed by atoms with Crippen LogP contribution in [0.2, 0.25) is 0 Å². The molecule has 0 saturated heterocycles. The molecule has 1 saturated carbocycles. The topological polar surface area (TPSA) is 219 Å². The summed E-state index contributed by atoms with van der Waals surface area (Å²) in [6, 6.07) is 6.16. The van der Waals surface area contributed by atoms with Crippen LogP contribution in [-0.2, 0) is 32.9 Å². The number of anilines is 2. The number of sulfonamides is 2. The molecular formula is C38H36F6N8O7S2. The number of pyridine rings is 2. The van der Waals surface area contributed by atoms with Crippen LogP contribution >= 0.6 is 0 Å². The highest BCUT2D eigenvalue weighted by Crippen LogP contribution is 2.56. The zero-order valence-electron chi connectivity index (χ0n) is 32.4. The predicted molar refractivity (Wildman–Crippen MR) is 211 cm³/mol. The van der Waals surface area contributed by atoms with E-state index < -0.39 is 95.6 Å². The van der Waals surface area contributed by atoms with E-state index in [1.165, 1.54) is 25.6 Å². The molecule has 0 bridgehead atoms. The van der Waals surface area contributed by atoms with Gasteiger partial charge in [0.1, 0.15) is 11.6 Å².